The van der Waals surface area contributed by atoms with Crippen molar-refractivity contribution in [3.63, 3.8) is 0 Å². The lowest BCUT2D eigenvalue weighted by atomic mass is 10.2. The van der Waals surface area contributed by atoms with Gasteiger partial charge in [-0.2, -0.15) is 0 Å². The molecule has 0 saturated heterocycles. The van der Waals surface area contributed by atoms with Gasteiger partial charge in [-0.25, -0.2) is 4.39 Å². The van der Waals surface area contributed by atoms with Crippen molar-refractivity contribution >= 4 is 11.8 Å². The van der Waals surface area contributed by atoms with Crippen LogP contribution >= 0.6 is 11.8 Å². The Morgan fingerprint density at radius 3 is 2.78 bits per heavy atom. The first-order valence-corrected chi connectivity index (χ1v) is 7.02. The van der Waals surface area contributed by atoms with E-state index >= 15 is 0 Å². The van der Waals surface area contributed by atoms with E-state index in [1.165, 1.54) is 6.07 Å². The van der Waals surface area contributed by atoms with E-state index in [2.05, 4.69) is 28.6 Å². The number of rotatable bonds is 5. The zero-order chi connectivity index (χ0) is 13.0. The van der Waals surface area contributed by atoms with Crippen LogP contribution in [0.3, 0.4) is 0 Å². The predicted molar refractivity (Wildman–Crippen MR) is 71.0 cm³/mol. The van der Waals surface area contributed by atoms with Crippen molar-refractivity contribution in [2.45, 2.75) is 37.7 Å². The van der Waals surface area contributed by atoms with Crippen molar-refractivity contribution < 1.29 is 4.39 Å². The summed E-state index contributed by atoms with van der Waals surface area (Å²) in [5, 5.41) is 9.23. The Hall–Kier alpha value is -1.36. The molecule has 1 aromatic carbocycles. The van der Waals surface area contributed by atoms with E-state index in [0.29, 0.717) is 5.75 Å². The zero-order valence-corrected chi connectivity index (χ0v) is 11.4. The minimum absolute atomic E-state index is 0.195. The molecule has 2 rings (SSSR count). The van der Waals surface area contributed by atoms with Crippen LogP contribution in [0.5, 0.6) is 0 Å². The molecule has 0 fully saturated rings. The first-order chi connectivity index (χ1) is 8.74. The molecule has 5 heteroatoms. The van der Waals surface area contributed by atoms with Crippen LogP contribution in [0.1, 0.15) is 25.2 Å². The first-order valence-electron chi connectivity index (χ1n) is 6.04. The smallest absolute Gasteiger partial charge is 0.191 e. The van der Waals surface area contributed by atoms with Gasteiger partial charge in [-0.15, -0.1) is 10.2 Å². The molecular weight excluding hydrogens is 249 g/mol. The molecule has 0 saturated carbocycles. The summed E-state index contributed by atoms with van der Waals surface area (Å²) in [6, 6.07) is 6.66. The maximum Gasteiger partial charge on any atom is 0.191 e. The number of aromatic nitrogens is 3. The summed E-state index contributed by atoms with van der Waals surface area (Å²) in [5.74, 6) is 1.51. The second-order valence-corrected chi connectivity index (χ2v) is 4.86. The van der Waals surface area contributed by atoms with Crippen LogP contribution in [0.25, 0.3) is 0 Å². The number of nitrogens with zero attached hydrogens (tertiary/aromatic N) is 3. The van der Waals surface area contributed by atoms with E-state index in [-0.39, 0.29) is 5.82 Å². The molecule has 0 atom stereocenters. The molecule has 0 aliphatic heterocycles. The van der Waals surface area contributed by atoms with Gasteiger partial charge in [-0.3, -0.25) is 0 Å². The molecule has 1 aromatic heterocycles. The summed E-state index contributed by atoms with van der Waals surface area (Å²) in [7, 11) is 0. The maximum absolute atomic E-state index is 13.1. The average Bonchev–Trinajstić information content (AvgIpc) is 2.78. The third kappa shape index (κ3) is 2.90. The second-order valence-electron chi connectivity index (χ2n) is 3.92. The van der Waals surface area contributed by atoms with E-state index in [0.717, 1.165) is 29.5 Å². The molecule has 0 aliphatic rings. The van der Waals surface area contributed by atoms with Gasteiger partial charge in [0.05, 0.1) is 0 Å². The summed E-state index contributed by atoms with van der Waals surface area (Å²) in [4.78, 5) is 0. The molecule has 0 bridgehead atoms. The lowest BCUT2D eigenvalue weighted by molar-refractivity contribution is 0.626. The Bertz CT molecular complexity index is 525. The molecule has 3 nitrogen and oxygen atoms in total. The van der Waals surface area contributed by atoms with Gasteiger partial charge in [-0.05, 0) is 24.6 Å². The van der Waals surface area contributed by atoms with Crippen LogP contribution in [0, 0.1) is 5.82 Å². The fourth-order valence-corrected chi connectivity index (χ4v) is 2.74. The summed E-state index contributed by atoms with van der Waals surface area (Å²) in [6.07, 6.45) is 0.876. The third-order valence-corrected chi connectivity index (χ3v) is 3.72. The summed E-state index contributed by atoms with van der Waals surface area (Å²) in [5.41, 5.74) is 0.962. The molecule has 0 amide bonds. The molecule has 0 unspecified atom stereocenters. The van der Waals surface area contributed by atoms with E-state index in [1.54, 1.807) is 23.9 Å². The molecule has 18 heavy (non-hydrogen) atoms. The van der Waals surface area contributed by atoms with E-state index in [9.17, 15) is 4.39 Å². The van der Waals surface area contributed by atoms with Crippen LogP contribution in [0.4, 0.5) is 4.39 Å². The lowest BCUT2D eigenvalue weighted by Gasteiger charge is -2.05. The number of benzene rings is 1. The van der Waals surface area contributed by atoms with Crippen LogP contribution in [0.15, 0.2) is 29.4 Å². The van der Waals surface area contributed by atoms with E-state index in [4.69, 9.17) is 0 Å². The van der Waals surface area contributed by atoms with Gasteiger partial charge in [0, 0.05) is 18.7 Å². The van der Waals surface area contributed by atoms with Crippen LogP contribution < -0.4 is 0 Å². The highest BCUT2D eigenvalue weighted by Crippen LogP contribution is 2.22. The van der Waals surface area contributed by atoms with Gasteiger partial charge in [0.1, 0.15) is 11.6 Å². The monoisotopic (exact) mass is 265 g/mol. The maximum atomic E-state index is 13.1. The number of halogens is 1. The number of thioether (sulfide) groups is 1. The molecule has 2 aromatic rings. The van der Waals surface area contributed by atoms with E-state index in [1.807, 2.05) is 6.07 Å². The summed E-state index contributed by atoms with van der Waals surface area (Å²) in [6.45, 7) is 5.01. The zero-order valence-electron chi connectivity index (χ0n) is 10.6. The minimum Gasteiger partial charge on any atom is -0.306 e. The SMILES string of the molecule is CCc1nnc(SCc2cccc(F)c2)n1CC. The predicted octanol–water partition coefficient (Wildman–Crippen LogP) is 3.29. The molecular formula is C13H16FN3S. The topological polar surface area (TPSA) is 30.7 Å². The van der Waals surface area contributed by atoms with Crippen molar-refractivity contribution in [1.29, 1.82) is 0 Å². The standard InChI is InChI=1S/C13H16FN3S/c1-3-12-15-16-13(17(12)4-2)18-9-10-6-5-7-11(14)8-10/h5-8H,3-4,9H2,1-2H3. The summed E-state index contributed by atoms with van der Waals surface area (Å²) >= 11 is 1.59. The average molecular weight is 265 g/mol. The van der Waals surface area contributed by atoms with Crippen LogP contribution in [-0.2, 0) is 18.7 Å². The van der Waals surface area contributed by atoms with Gasteiger partial charge >= 0.3 is 0 Å². The Balaban J connectivity index is 2.08. The Morgan fingerprint density at radius 2 is 2.11 bits per heavy atom. The van der Waals surface area contributed by atoms with Crippen molar-refractivity contribution in [2.24, 2.45) is 0 Å². The number of aryl methyl sites for hydroxylation is 1. The normalized spacial score (nSPS) is 10.8. The number of hydrogen-bond acceptors (Lipinski definition) is 3. The Kier molecular flexibility index (Phi) is 4.36. The number of hydrogen-bond donors (Lipinski definition) is 0. The van der Waals surface area contributed by atoms with Crippen molar-refractivity contribution in [3.8, 4) is 0 Å². The van der Waals surface area contributed by atoms with Gasteiger partial charge in [0.15, 0.2) is 5.16 Å². The third-order valence-electron chi connectivity index (χ3n) is 2.68. The van der Waals surface area contributed by atoms with Crippen molar-refractivity contribution in [1.82, 2.24) is 14.8 Å². The molecule has 0 spiro atoms. The highest BCUT2D eigenvalue weighted by atomic mass is 32.2. The molecule has 1 heterocycles. The van der Waals surface area contributed by atoms with Gasteiger partial charge < -0.3 is 4.57 Å². The van der Waals surface area contributed by atoms with E-state index < -0.39 is 0 Å². The fraction of sp³-hybridized carbons (Fsp3) is 0.385. The molecule has 0 radical (unpaired) electrons. The van der Waals surface area contributed by atoms with Gasteiger partial charge in [0.25, 0.3) is 0 Å². The quantitative estimate of drug-likeness (QED) is 0.777. The first kappa shape index (κ1) is 13.1. The van der Waals surface area contributed by atoms with Gasteiger partial charge in [-0.1, -0.05) is 30.8 Å². The largest absolute Gasteiger partial charge is 0.306 e. The second kappa shape index (κ2) is 6.00. The minimum atomic E-state index is -0.195. The molecule has 0 aliphatic carbocycles. The Morgan fingerprint density at radius 1 is 1.28 bits per heavy atom. The van der Waals surface area contributed by atoms with Crippen LogP contribution in [-0.4, -0.2) is 14.8 Å². The van der Waals surface area contributed by atoms with Crippen molar-refractivity contribution in [3.05, 3.63) is 41.5 Å². The fourth-order valence-electron chi connectivity index (χ4n) is 1.78. The summed E-state index contributed by atoms with van der Waals surface area (Å²) < 4.78 is 15.2. The van der Waals surface area contributed by atoms with Gasteiger partial charge in [0.2, 0.25) is 0 Å². The highest BCUT2D eigenvalue weighted by Gasteiger charge is 2.09. The Labute approximate surface area is 110 Å². The van der Waals surface area contributed by atoms with Crippen molar-refractivity contribution in [2.75, 3.05) is 0 Å². The lowest BCUT2D eigenvalue weighted by Crippen LogP contribution is -2.02. The van der Waals surface area contributed by atoms with Crippen LogP contribution in [0.2, 0.25) is 0 Å². The molecule has 0 N–H and O–H groups in total. The molecule has 96 valence electrons. The highest BCUT2D eigenvalue weighted by molar-refractivity contribution is 7.98.